The second-order valence-corrected chi connectivity index (χ2v) is 31.2. The van der Waals surface area contributed by atoms with E-state index in [0.717, 1.165) is 34.7 Å². The molecule has 0 bridgehead atoms. The second-order valence-electron chi connectivity index (χ2n) is 22.4. The lowest BCUT2D eigenvalue weighted by Gasteiger charge is -2.29. The Kier molecular flexibility index (Phi) is 19.4. The maximum Gasteiger partial charge on any atom is 0.295 e. The van der Waals surface area contributed by atoms with Crippen molar-refractivity contribution in [3.05, 3.63) is 137 Å². The Balaban J connectivity index is 1.26. The lowest BCUT2D eigenvalue weighted by molar-refractivity contribution is -0.401. The zero-order valence-corrected chi connectivity index (χ0v) is 53.3. The number of carbonyl (C=O) groups excluding carboxylic acids is 3. The number of amides is 3. The zero-order chi connectivity index (χ0) is 65.6. The molecule has 3 amide bonds. The van der Waals surface area contributed by atoms with Gasteiger partial charge in [0.05, 0.1) is 26.7 Å². The van der Waals surface area contributed by atoms with E-state index in [1.165, 1.54) is 12.1 Å². The summed E-state index contributed by atoms with van der Waals surface area (Å²) in [6, 6.07) is 16.6. The van der Waals surface area contributed by atoms with Crippen molar-refractivity contribution in [2.45, 2.75) is 108 Å². The second kappa shape index (κ2) is 25.4. The maximum absolute atomic E-state index is 12.9. The first-order valence-electron chi connectivity index (χ1n) is 27.6. The summed E-state index contributed by atoms with van der Waals surface area (Å²) in [5.41, 5.74) is 1.85. The number of benzene rings is 5. The zero-order valence-electron chi connectivity index (χ0n) is 48.4. The van der Waals surface area contributed by atoms with Crippen molar-refractivity contribution in [3.8, 4) is 0 Å². The number of anilines is 1. The van der Waals surface area contributed by atoms with Gasteiger partial charge in [-0.25, -0.2) is 0 Å². The van der Waals surface area contributed by atoms with Gasteiger partial charge in [0.1, 0.15) is 16.8 Å². The number of aryl methyl sites for hydroxylation is 1. The number of likely N-dealkylation sites (N-methyl/N-ethyl adjacent to an activating group) is 1. The van der Waals surface area contributed by atoms with E-state index >= 15 is 0 Å². The highest BCUT2D eigenvalue weighted by Gasteiger charge is 2.48. The van der Waals surface area contributed by atoms with Crippen LogP contribution >= 0.6 is 0 Å². The predicted octanol–water partition coefficient (Wildman–Crippen LogP) is 6.77. The number of nitrogens with one attached hydrogen (secondary N) is 1. The van der Waals surface area contributed by atoms with Gasteiger partial charge >= 0.3 is 0 Å². The first-order valence-corrected chi connectivity index (χ1v) is 36.6. The van der Waals surface area contributed by atoms with E-state index in [4.69, 9.17) is 0 Å². The maximum atomic E-state index is 12.9. The van der Waals surface area contributed by atoms with Crippen molar-refractivity contribution in [2.24, 2.45) is 0 Å². The molecule has 0 radical (unpaired) electrons. The summed E-state index contributed by atoms with van der Waals surface area (Å²) >= 11 is 0. The third kappa shape index (κ3) is 15.1. The predicted molar refractivity (Wildman–Crippen MR) is 330 cm³/mol. The van der Waals surface area contributed by atoms with E-state index < -0.39 is 114 Å². The molecular formula is C58H65N4O21S6+. The van der Waals surface area contributed by atoms with Gasteiger partial charge in [0.2, 0.25) is 11.6 Å². The molecule has 31 heteroatoms. The van der Waals surface area contributed by atoms with Gasteiger partial charge in [-0.05, 0) is 140 Å². The largest absolute Gasteiger partial charge is 0.354 e. The van der Waals surface area contributed by atoms with Crippen molar-refractivity contribution in [1.29, 1.82) is 0 Å². The standard InChI is InChI=1S/C58H64N4O21S6/c1-57(27-7-9-31-84(66,67)68)50(60(3)46-21-19-42-44(55(46)57)33-40(86(72,73)74)35-48(42)88(78,79)80)23-17-39(38-15-13-37(14-16-38)11-5-6-12-52(63)59-29-30-62-53(64)25-26-54(62)65)18-24-51-58(2,28-8-10-32-85(69,70)71)56-45-34-41(87(75,76)77)36-49(89(81,82)83)43(45)20-22-47(56)61(51)4/h13-26,33-36H,5-12,27-32H2,1-4H3,(H6-,59,63,66,67,68,69,70,71,72,73,74,75,76,77,78,79,80,81,82,83)/p+1. The summed E-state index contributed by atoms with van der Waals surface area (Å²) in [6.45, 7) is 3.60. The normalized spacial score (nSPS) is 19.0. The van der Waals surface area contributed by atoms with Crippen LogP contribution in [-0.2, 0) is 92.3 Å². The number of allylic oxidation sites excluding steroid dienone is 6. The highest BCUT2D eigenvalue weighted by atomic mass is 32.2. The van der Waals surface area contributed by atoms with Gasteiger partial charge in [-0.1, -0.05) is 49.2 Å². The van der Waals surface area contributed by atoms with Crippen molar-refractivity contribution in [2.75, 3.05) is 43.6 Å². The minimum Gasteiger partial charge on any atom is -0.354 e. The van der Waals surface area contributed by atoms with E-state index in [2.05, 4.69) is 5.32 Å². The first-order chi connectivity index (χ1) is 41.2. The molecule has 89 heavy (non-hydrogen) atoms. The molecular weight excluding hydrogens is 1280 g/mol. The molecule has 2 atom stereocenters. The average Bonchev–Trinajstić information content (AvgIpc) is 1.62. The molecule has 25 nitrogen and oxygen atoms in total. The number of hydrogen-bond acceptors (Lipinski definition) is 16. The molecule has 3 aliphatic heterocycles. The van der Waals surface area contributed by atoms with E-state index in [1.54, 1.807) is 73.9 Å². The first kappa shape index (κ1) is 68.0. The van der Waals surface area contributed by atoms with Gasteiger partial charge in [-0.3, -0.25) is 46.6 Å². The van der Waals surface area contributed by atoms with E-state index in [0.29, 0.717) is 76.4 Å². The monoisotopic (exact) mass is 1350 g/mol. The SMILES string of the molecule is CN1C(=CC=C(C=CC2=[N+](C)c3ccc4c(S(=O)(=O)O)cc(S(=O)(=O)O)cc4c3C2(C)CCCCS(=O)(=O)O)c2ccc(CCCCC(=O)NCCN3C(=O)C=CC3=O)cc2)C(C)(CCCCS(=O)(=O)O)c2c1ccc1c(S(=O)(=O)O)cc(S(=O)(=O)O)cc21. The molecule has 0 fully saturated rings. The van der Waals surface area contributed by atoms with Crippen LogP contribution in [0.25, 0.3) is 27.1 Å². The number of rotatable bonds is 26. The third-order valence-corrected chi connectivity index (χ3v) is 21.5. The molecule has 0 spiro atoms. The van der Waals surface area contributed by atoms with Crippen molar-refractivity contribution in [1.82, 2.24) is 10.2 Å². The topological polar surface area (TPSA) is 399 Å². The molecule has 0 saturated heterocycles. The van der Waals surface area contributed by atoms with Gasteiger partial charge in [0, 0.05) is 84.0 Å². The number of nitrogens with zero attached hydrogens (tertiary/aromatic N) is 3. The van der Waals surface area contributed by atoms with E-state index in [9.17, 15) is 92.2 Å². The molecule has 5 aromatic rings. The molecule has 0 aromatic heterocycles. The minimum absolute atomic E-state index is 0.000168. The molecule has 5 aromatic carbocycles. The van der Waals surface area contributed by atoms with Crippen LogP contribution in [0.15, 0.2) is 135 Å². The fraction of sp³-hybridized carbons (Fsp3) is 0.345. The van der Waals surface area contributed by atoms with Crippen LogP contribution in [0, 0.1) is 0 Å². The van der Waals surface area contributed by atoms with Gasteiger partial charge in [0.25, 0.3) is 72.5 Å². The summed E-state index contributed by atoms with van der Waals surface area (Å²) in [6.07, 6.45) is 11.3. The van der Waals surface area contributed by atoms with E-state index in [1.807, 2.05) is 24.3 Å². The van der Waals surface area contributed by atoms with Crippen LogP contribution in [0.1, 0.15) is 93.9 Å². The van der Waals surface area contributed by atoms with Crippen LogP contribution in [0.4, 0.5) is 11.4 Å². The summed E-state index contributed by atoms with van der Waals surface area (Å²) in [4.78, 5) is 35.8. The van der Waals surface area contributed by atoms with Crippen molar-refractivity contribution >= 4 is 123 Å². The van der Waals surface area contributed by atoms with Gasteiger partial charge in [-0.15, -0.1) is 0 Å². The van der Waals surface area contributed by atoms with Gasteiger partial charge in [-0.2, -0.15) is 55.1 Å². The molecule has 3 heterocycles. The summed E-state index contributed by atoms with van der Waals surface area (Å²) in [5.74, 6) is -2.44. The number of hydrogen-bond donors (Lipinski definition) is 7. The van der Waals surface area contributed by atoms with Crippen LogP contribution < -0.4 is 10.2 Å². The highest BCUT2D eigenvalue weighted by Crippen LogP contribution is 2.54. The molecule has 3 aliphatic rings. The average molecular weight is 1350 g/mol. The number of imide groups is 1. The summed E-state index contributed by atoms with van der Waals surface area (Å²) in [7, 11) is -26.0. The van der Waals surface area contributed by atoms with Crippen molar-refractivity contribution in [3.63, 3.8) is 0 Å². The molecule has 0 saturated carbocycles. The Bertz CT molecular complexity index is 4640. The Labute approximate surface area is 515 Å². The molecule has 2 unspecified atom stereocenters. The van der Waals surface area contributed by atoms with Crippen LogP contribution in [0.2, 0.25) is 0 Å². The highest BCUT2D eigenvalue weighted by molar-refractivity contribution is 7.87. The quantitative estimate of drug-likeness (QED) is 0.00987. The fourth-order valence-electron chi connectivity index (χ4n) is 12.2. The summed E-state index contributed by atoms with van der Waals surface area (Å²) in [5, 5.41) is 2.49. The Morgan fingerprint density at radius 2 is 1.12 bits per heavy atom. The molecule has 478 valence electrons. The molecule has 7 N–H and O–H groups in total. The fourth-order valence-corrected chi connectivity index (χ4v) is 16.0. The molecule has 0 aliphatic carbocycles. The Morgan fingerprint density at radius 1 is 0.607 bits per heavy atom. The van der Waals surface area contributed by atoms with Crippen molar-refractivity contribution < 1.29 is 96.8 Å². The number of fused-ring (bicyclic) bond motifs is 6. The van der Waals surface area contributed by atoms with Crippen LogP contribution in [0.3, 0.4) is 0 Å². The van der Waals surface area contributed by atoms with E-state index in [-0.39, 0.29) is 85.5 Å². The molecule has 8 rings (SSSR count). The Morgan fingerprint density at radius 3 is 1.64 bits per heavy atom. The van der Waals surface area contributed by atoms with Gasteiger partial charge < -0.3 is 10.2 Å². The minimum atomic E-state index is -5.15. The smallest absolute Gasteiger partial charge is 0.295 e. The van der Waals surface area contributed by atoms with Crippen LogP contribution in [-0.4, -0.2) is 149 Å². The van der Waals surface area contributed by atoms with Gasteiger partial charge in [0.15, 0.2) is 5.71 Å². The van der Waals surface area contributed by atoms with Crippen LogP contribution in [0.5, 0.6) is 0 Å². The summed E-state index contributed by atoms with van der Waals surface area (Å²) < 4.78 is 213. The number of unbranched alkanes of at least 4 members (excludes halogenated alkanes) is 3. The lowest BCUT2D eigenvalue weighted by Crippen LogP contribution is -2.38. The Hall–Kier alpha value is -6.88. The number of carbonyl (C=O) groups is 3. The third-order valence-electron chi connectivity index (χ3n) is 16.4. The lowest BCUT2D eigenvalue weighted by atomic mass is 9.73.